The minimum Gasteiger partial charge on any atom is -0.393 e. The van der Waals surface area contributed by atoms with E-state index in [1.54, 1.807) is 0 Å². The maximum Gasteiger partial charge on any atom is 0.416 e. The average molecular weight is 272 g/mol. The van der Waals surface area contributed by atoms with E-state index >= 15 is 0 Å². The first-order chi connectivity index (χ1) is 8.97. The molecule has 106 valence electrons. The van der Waals surface area contributed by atoms with Crippen LogP contribution >= 0.6 is 0 Å². The largest absolute Gasteiger partial charge is 0.416 e. The van der Waals surface area contributed by atoms with Crippen molar-refractivity contribution < 1.29 is 18.3 Å². The summed E-state index contributed by atoms with van der Waals surface area (Å²) in [5.41, 5.74) is 0.261. The van der Waals surface area contributed by atoms with Crippen LogP contribution < -0.4 is 0 Å². The lowest BCUT2D eigenvalue weighted by atomic mass is 9.90. The number of alkyl halides is 3. The summed E-state index contributed by atoms with van der Waals surface area (Å²) in [5.74, 6) is 0.180. The molecule has 4 heteroatoms. The van der Waals surface area contributed by atoms with Crippen LogP contribution in [0.25, 0.3) is 0 Å². The highest BCUT2D eigenvalue weighted by molar-refractivity contribution is 5.25. The molecule has 1 aliphatic rings. The Morgan fingerprint density at radius 3 is 2.26 bits per heavy atom. The predicted octanol–water partition coefficient (Wildman–Crippen LogP) is 4.19. The molecule has 2 rings (SSSR count). The minimum atomic E-state index is -4.28. The van der Waals surface area contributed by atoms with Gasteiger partial charge in [0.2, 0.25) is 0 Å². The number of aliphatic hydroxyl groups excluding tert-OH is 1. The molecular formula is C15H19F3O. The molecule has 1 N–H and O–H groups in total. The van der Waals surface area contributed by atoms with Gasteiger partial charge in [-0.05, 0) is 42.9 Å². The molecule has 0 spiro atoms. The first-order valence-electron chi connectivity index (χ1n) is 6.81. The van der Waals surface area contributed by atoms with Crippen LogP contribution in [0.2, 0.25) is 0 Å². The molecule has 0 aromatic heterocycles. The van der Waals surface area contributed by atoms with Gasteiger partial charge in [-0.3, -0.25) is 0 Å². The van der Waals surface area contributed by atoms with Crippen LogP contribution in [0, 0.1) is 5.92 Å². The van der Waals surface area contributed by atoms with E-state index < -0.39 is 11.7 Å². The summed E-state index contributed by atoms with van der Waals surface area (Å²) >= 11 is 0. The topological polar surface area (TPSA) is 20.2 Å². The Morgan fingerprint density at radius 1 is 1.00 bits per heavy atom. The molecule has 1 aromatic rings. The summed E-state index contributed by atoms with van der Waals surface area (Å²) in [6, 6.07) is 5.30. The molecular weight excluding hydrogens is 253 g/mol. The van der Waals surface area contributed by atoms with Crippen molar-refractivity contribution in [3.8, 4) is 0 Å². The highest BCUT2D eigenvalue weighted by Crippen LogP contribution is 2.30. The van der Waals surface area contributed by atoms with E-state index in [4.69, 9.17) is 0 Å². The van der Waals surface area contributed by atoms with Gasteiger partial charge in [-0.15, -0.1) is 0 Å². The van der Waals surface area contributed by atoms with Gasteiger partial charge in [-0.25, -0.2) is 0 Å². The molecule has 0 heterocycles. The van der Waals surface area contributed by atoms with Gasteiger partial charge < -0.3 is 5.11 Å². The smallest absolute Gasteiger partial charge is 0.393 e. The lowest BCUT2D eigenvalue weighted by Gasteiger charge is -2.20. The van der Waals surface area contributed by atoms with Crippen molar-refractivity contribution in [3.63, 3.8) is 0 Å². The molecule has 1 fully saturated rings. The van der Waals surface area contributed by atoms with Crippen molar-refractivity contribution in [3.05, 3.63) is 35.4 Å². The quantitative estimate of drug-likeness (QED) is 0.800. The summed E-state index contributed by atoms with van der Waals surface area (Å²) in [6.45, 7) is 0. The van der Waals surface area contributed by atoms with E-state index in [2.05, 4.69) is 0 Å². The van der Waals surface area contributed by atoms with Crippen LogP contribution in [0.5, 0.6) is 0 Å². The fraction of sp³-hybridized carbons (Fsp3) is 0.600. The zero-order valence-electron chi connectivity index (χ0n) is 10.8. The SMILES string of the molecule is OC1CCCCCC1Cc1ccc(C(F)(F)F)cc1. The zero-order valence-corrected chi connectivity index (χ0v) is 10.8. The van der Waals surface area contributed by atoms with E-state index in [0.29, 0.717) is 6.42 Å². The second-order valence-electron chi connectivity index (χ2n) is 5.36. The Kier molecular flexibility index (Phi) is 4.50. The molecule has 19 heavy (non-hydrogen) atoms. The van der Waals surface area contributed by atoms with Gasteiger partial charge in [0.25, 0.3) is 0 Å². The van der Waals surface area contributed by atoms with Gasteiger partial charge in [0.15, 0.2) is 0 Å². The number of benzene rings is 1. The second kappa shape index (κ2) is 5.95. The van der Waals surface area contributed by atoms with Crippen molar-refractivity contribution in [2.75, 3.05) is 0 Å². The summed E-state index contributed by atoms with van der Waals surface area (Å²) < 4.78 is 37.4. The van der Waals surface area contributed by atoms with E-state index in [9.17, 15) is 18.3 Å². The summed E-state index contributed by atoms with van der Waals surface area (Å²) in [6.07, 6.45) is 1.13. The normalized spacial score (nSPS) is 25.1. The summed E-state index contributed by atoms with van der Waals surface area (Å²) in [7, 11) is 0. The fourth-order valence-corrected chi connectivity index (χ4v) is 2.74. The third kappa shape index (κ3) is 3.96. The lowest BCUT2D eigenvalue weighted by Crippen LogP contribution is -2.21. The molecule has 1 saturated carbocycles. The van der Waals surface area contributed by atoms with Gasteiger partial charge in [-0.2, -0.15) is 13.2 Å². The molecule has 1 nitrogen and oxygen atoms in total. The molecule has 0 aliphatic heterocycles. The van der Waals surface area contributed by atoms with Crippen molar-refractivity contribution in [2.24, 2.45) is 5.92 Å². The molecule has 2 unspecified atom stereocenters. The highest BCUT2D eigenvalue weighted by atomic mass is 19.4. The van der Waals surface area contributed by atoms with Crippen LogP contribution in [0.15, 0.2) is 24.3 Å². The fourth-order valence-electron chi connectivity index (χ4n) is 2.74. The average Bonchev–Trinajstić information content (AvgIpc) is 2.55. The number of aliphatic hydroxyl groups is 1. The molecule has 2 atom stereocenters. The van der Waals surface area contributed by atoms with Gasteiger partial charge in [0.1, 0.15) is 0 Å². The van der Waals surface area contributed by atoms with Crippen LogP contribution in [0.4, 0.5) is 13.2 Å². The Morgan fingerprint density at radius 2 is 1.63 bits per heavy atom. The number of hydrogen-bond acceptors (Lipinski definition) is 1. The molecule has 0 radical (unpaired) electrons. The number of halogens is 3. The molecule has 1 aromatic carbocycles. The zero-order chi connectivity index (χ0) is 13.9. The van der Waals surface area contributed by atoms with Gasteiger partial charge in [0, 0.05) is 0 Å². The maximum atomic E-state index is 12.5. The van der Waals surface area contributed by atoms with E-state index in [-0.39, 0.29) is 12.0 Å². The summed E-state index contributed by atoms with van der Waals surface area (Å²) in [4.78, 5) is 0. The van der Waals surface area contributed by atoms with Crippen LogP contribution in [0.1, 0.15) is 43.2 Å². The van der Waals surface area contributed by atoms with Crippen molar-refractivity contribution in [2.45, 2.75) is 50.8 Å². The Balaban J connectivity index is 2.02. The second-order valence-corrected chi connectivity index (χ2v) is 5.36. The number of hydrogen-bond donors (Lipinski definition) is 1. The Labute approximate surface area is 111 Å². The number of rotatable bonds is 2. The van der Waals surface area contributed by atoms with Gasteiger partial charge in [-0.1, -0.05) is 31.4 Å². The highest BCUT2D eigenvalue weighted by Gasteiger charge is 2.30. The molecule has 1 aliphatic carbocycles. The molecule has 0 bridgehead atoms. The minimum absolute atomic E-state index is 0.180. The van der Waals surface area contributed by atoms with Crippen molar-refractivity contribution in [1.29, 1.82) is 0 Å². The maximum absolute atomic E-state index is 12.5. The van der Waals surface area contributed by atoms with Gasteiger partial charge >= 0.3 is 6.18 Å². The standard InChI is InChI=1S/C15H19F3O/c16-15(17,18)13-8-6-11(7-9-13)10-12-4-2-1-3-5-14(12)19/h6-9,12,14,19H,1-5,10H2. The van der Waals surface area contributed by atoms with E-state index in [1.807, 2.05) is 0 Å². The third-order valence-corrected chi connectivity index (χ3v) is 3.90. The first-order valence-corrected chi connectivity index (χ1v) is 6.81. The van der Waals surface area contributed by atoms with E-state index in [0.717, 1.165) is 49.8 Å². The predicted molar refractivity (Wildman–Crippen MR) is 67.7 cm³/mol. The summed E-state index contributed by atoms with van der Waals surface area (Å²) in [5, 5.41) is 10.0. The third-order valence-electron chi connectivity index (χ3n) is 3.90. The Bertz CT molecular complexity index is 397. The monoisotopic (exact) mass is 272 g/mol. The van der Waals surface area contributed by atoms with Crippen LogP contribution in [-0.4, -0.2) is 11.2 Å². The first kappa shape index (κ1) is 14.4. The Hall–Kier alpha value is -1.03. The van der Waals surface area contributed by atoms with Crippen LogP contribution in [-0.2, 0) is 12.6 Å². The van der Waals surface area contributed by atoms with E-state index in [1.165, 1.54) is 12.1 Å². The van der Waals surface area contributed by atoms with Crippen molar-refractivity contribution >= 4 is 0 Å². The van der Waals surface area contributed by atoms with Crippen LogP contribution in [0.3, 0.4) is 0 Å². The van der Waals surface area contributed by atoms with Crippen molar-refractivity contribution in [1.82, 2.24) is 0 Å². The lowest BCUT2D eigenvalue weighted by molar-refractivity contribution is -0.137. The molecule has 0 saturated heterocycles. The van der Waals surface area contributed by atoms with Gasteiger partial charge in [0.05, 0.1) is 11.7 Å². The molecule has 0 amide bonds.